The smallest absolute Gasteiger partial charge is 0.175 e. The average Bonchev–Trinajstić information content (AvgIpc) is 3.22. The minimum atomic E-state index is 0.636. The van der Waals surface area contributed by atoms with Crippen LogP contribution < -0.4 is 10.1 Å². The van der Waals surface area contributed by atoms with E-state index in [1.165, 1.54) is 5.56 Å². The van der Waals surface area contributed by atoms with Crippen molar-refractivity contribution in [2.45, 2.75) is 19.9 Å². The van der Waals surface area contributed by atoms with Crippen LogP contribution in [0.4, 0.5) is 5.82 Å². The van der Waals surface area contributed by atoms with Gasteiger partial charge in [0.25, 0.3) is 0 Å². The molecule has 0 saturated carbocycles. The summed E-state index contributed by atoms with van der Waals surface area (Å²) >= 11 is 3.56. The van der Waals surface area contributed by atoms with Gasteiger partial charge in [-0.3, -0.25) is 0 Å². The molecule has 24 heavy (non-hydrogen) atoms. The number of halogens is 1. The maximum Gasteiger partial charge on any atom is 0.175 e. The fourth-order valence-electron chi connectivity index (χ4n) is 2.75. The van der Waals surface area contributed by atoms with Crippen molar-refractivity contribution >= 4 is 21.7 Å². The standard InChI is InChI=1S/C17H16BrN5O/c1-11-4-6-23(22-11)16-3-2-15(20-21-16)19-10-13-9-14(18)8-12-5-7-24-17(12)13/h2-4,6,8-9H,5,7,10H2,1H3,(H,19,20). The van der Waals surface area contributed by atoms with Crippen LogP contribution in [-0.2, 0) is 13.0 Å². The van der Waals surface area contributed by atoms with E-state index in [4.69, 9.17) is 4.74 Å². The van der Waals surface area contributed by atoms with Crippen LogP contribution in [0.1, 0.15) is 16.8 Å². The molecule has 3 aromatic rings. The molecule has 1 N–H and O–H groups in total. The minimum absolute atomic E-state index is 0.636. The molecule has 4 rings (SSSR count). The summed E-state index contributed by atoms with van der Waals surface area (Å²) in [6, 6.07) is 9.92. The van der Waals surface area contributed by atoms with E-state index >= 15 is 0 Å². The van der Waals surface area contributed by atoms with Gasteiger partial charge in [0.1, 0.15) is 11.6 Å². The molecule has 0 saturated heterocycles. The number of fused-ring (bicyclic) bond motifs is 1. The summed E-state index contributed by atoms with van der Waals surface area (Å²) in [5, 5.41) is 16.1. The lowest BCUT2D eigenvalue weighted by molar-refractivity contribution is 0.354. The van der Waals surface area contributed by atoms with Gasteiger partial charge in [0.2, 0.25) is 0 Å². The van der Waals surface area contributed by atoms with Crippen LogP contribution in [-0.4, -0.2) is 26.6 Å². The molecule has 0 unspecified atom stereocenters. The number of hydrogen-bond donors (Lipinski definition) is 1. The molecule has 0 fully saturated rings. The Hall–Kier alpha value is -2.41. The van der Waals surface area contributed by atoms with Gasteiger partial charge < -0.3 is 10.1 Å². The van der Waals surface area contributed by atoms with Gasteiger partial charge in [0.05, 0.1) is 12.3 Å². The fraction of sp³-hybridized carbons (Fsp3) is 0.235. The van der Waals surface area contributed by atoms with Gasteiger partial charge in [-0.05, 0) is 42.8 Å². The van der Waals surface area contributed by atoms with Crippen molar-refractivity contribution in [1.82, 2.24) is 20.0 Å². The second kappa shape index (κ2) is 6.24. The molecule has 0 amide bonds. The zero-order valence-corrected chi connectivity index (χ0v) is 14.7. The summed E-state index contributed by atoms with van der Waals surface area (Å²) in [5.41, 5.74) is 3.31. The van der Waals surface area contributed by atoms with Gasteiger partial charge in [-0.15, -0.1) is 10.2 Å². The molecule has 122 valence electrons. The Labute approximate surface area is 148 Å². The SMILES string of the molecule is Cc1ccn(-c2ccc(NCc3cc(Br)cc4c3OCC4)nn2)n1. The van der Waals surface area contributed by atoms with E-state index in [0.717, 1.165) is 34.5 Å². The third-order valence-corrected chi connectivity index (χ3v) is 4.35. The second-order valence-electron chi connectivity index (χ2n) is 5.68. The number of benzene rings is 1. The number of aryl methyl sites for hydroxylation is 1. The average molecular weight is 386 g/mol. The molecular weight excluding hydrogens is 370 g/mol. The number of aromatic nitrogens is 4. The van der Waals surface area contributed by atoms with Gasteiger partial charge in [0, 0.05) is 29.2 Å². The van der Waals surface area contributed by atoms with Crippen molar-refractivity contribution in [2.24, 2.45) is 0 Å². The lowest BCUT2D eigenvalue weighted by Crippen LogP contribution is -2.06. The van der Waals surface area contributed by atoms with Gasteiger partial charge in [-0.25, -0.2) is 4.68 Å². The van der Waals surface area contributed by atoms with Crippen molar-refractivity contribution < 1.29 is 4.74 Å². The number of nitrogens with one attached hydrogen (secondary N) is 1. The summed E-state index contributed by atoms with van der Waals surface area (Å²) in [7, 11) is 0. The molecule has 6 nitrogen and oxygen atoms in total. The number of hydrogen-bond acceptors (Lipinski definition) is 5. The minimum Gasteiger partial charge on any atom is -0.493 e. The molecule has 1 aliphatic heterocycles. The molecule has 0 spiro atoms. The Kier molecular flexibility index (Phi) is 3.93. The predicted octanol–water partition coefficient (Wildman–Crippen LogP) is 3.28. The van der Waals surface area contributed by atoms with E-state index in [0.29, 0.717) is 18.2 Å². The normalized spacial score (nSPS) is 12.8. The van der Waals surface area contributed by atoms with Crippen LogP contribution in [0.15, 0.2) is 41.0 Å². The Morgan fingerprint density at radius 2 is 2.17 bits per heavy atom. The molecule has 1 aliphatic rings. The first-order valence-corrected chi connectivity index (χ1v) is 8.53. The third kappa shape index (κ3) is 2.99. The van der Waals surface area contributed by atoms with Gasteiger partial charge >= 0.3 is 0 Å². The Bertz CT molecular complexity index is 875. The first kappa shape index (κ1) is 15.1. The van der Waals surface area contributed by atoms with Crippen LogP contribution in [0.5, 0.6) is 5.75 Å². The second-order valence-corrected chi connectivity index (χ2v) is 6.60. The summed E-state index contributed by atoms with van der Waals surface area (Å²) in [5.74, 6) is 2.40. The van der Waals surface area contributed by atoms with E-state index in [2.05, 4.69) is 48.7 Å². The molecule has 1 aromatic carbocycles. The molecule has 3 heterocycles. The van der Waals surface area contributed by atoms with E-state index in [1.807, 2.05) is 31.3 Å². The molecule has 0 atom stereocenters. The first-order chi connectivity index (χ1) is 11.7. The van der Waals surface area contributed by atoms with Crippen molar-refractivity contribution in [2.75, 3.05) is 11.9 Å². The molecular formula is C17H16BrN5O. The molecule has 0 bridgehead atoms. The summed E-state index contributed by atoms with van der Waals surface area (Å²) in [6.07, 6.45) is 2.83. The maximum absolute atomic E-state index is 5.74. The van der Waals surface area contributed by atoms with Crippen molar-refractivity contribution in [1.29, 1.82) is 0 Å². The van der Waals surface area contributed by atoms with E-state index < -0.39 is 0 Å². The highest BCUT2D eigenvalue weighted by Crippen LogP contribution is 2.33. The van der Waals surface area contributed by atoms with Gasteiger partial charge in [-0.2, -0.15) is 5.10 Å². The Morgan fingerprint density at radius 1 is 1.25 bits per heavy atom. The van der Waals surface area contributed by atoms with Crippen LogP contribution in [0, 0.1) is 6.92 Å². The van der Waals surface area contributed by atoms with Crippen LogP contribution in [0.2, 0.25) is 0 Å². The number of nitrogens with zero attached hydrogens (tertiary/aromatic N) is 4. The maximum atomic E-state index is 5.74. The zero-order valence-electron chi connectivity index (χ0n) is 13.2. The van der Waals surface area contributed by atoms with Crippen LogP contribution in [0.3, 0.4) is 0 Å². The molecule has 0 aliphatic carbocycles. The summed E-state index contributed by atoms with van der Waals surface area (Å²) in [6.45, 7) is 3.33. The highest BCUT2D eigenvalue weighted by Gasteiger charge is 2.17. The molecule has 7 heteroatoms. The first-order valence-electron chi connectivity index (χ1n) is 7.73. The predicted molar refractivity (Wildman–Crippen MR) is 94.6 cm³/mol. The largest absolute Gasteiger partial charge is 0.493 e. The zero-order chi connectivity index (χ0) is 16.5. The molecule has 0 radical (unpaired) electrons. The lowest BCUT2D eigenvalue weighted by Gasteiger charge is -2.10. The highest BCUT2D eigenvalue weighted by molar-refractivity contribution is 9.10. The third-order valence-electron chi connectivity index (χ3n) is 3.89. The van der Waals surface area contributed by atoms with E-state index in [-0.39, 0.29) is 0 Å². The Balaban J connectivity index is 1.49. The van der Waals surface area contributed by atoms with Crippen molar-refractivity contribution in [3.05, 3.63) is 57.8 Å². The Morgan fingerprint density at radius 3 is 2.92 bits per heavy atom. The number of ether oxygens (including phenoxy) is 1. The van der Waals surface area contributed by atoms with E-state index in [9.17, 15) is 0 Å². The summed E-state index contributed by atoms with van der Waals surface area (Å²) in [4.78, 5) is 0. The fourth-order valence-corrected chi connectivity index (χ4v) is 3.30. The number of rotatable bonds is 4. The van der Waals surface area contributed by atoms with Crippen molar-refractivity contribution in [3.8, 4) is 11.6 Å². The highest BCUT2D eigenvalue weighted by atomic mass is 79.9. The number of anilines is 1. The van der Waals surface area contributed by atoms with Crippen LogP contribution in [0.25, 0.3) is 5.82 Å². The molecule has 2 aromatic heterocycles. The monoisotopic (exact) mass is 385 g/mol. The topological polar surface area (TPSA) is 64.9 Å². The quantitative estimate of drug-likeness (QED) is 0.746. The van der Waals surface area contributed by atoms with Gasteiger partial charge in [0.15, 0.2) is 5.82 Å². The lowest BCUT2D eigenvalue weighted by atomic mass is 10.1. The van der Waals surface area contributed by atoms with E-state index in [1.54, 1.807) is 4.68 Å². The summed E-state index contributed by atoms with van der Waals surface area (Å²) < 4.78 is 8.52. The van der Waals surface area contributed by atoms with Crippen molar-refractivity contribution in [3.63, 3.8) is 0 Å². The van der Waals surface area contributed by atoms with Crippen LogP contribution >= 0.6 is 15.9 Å². The van der Waals surface area contributed by atoms with Gasteiger partial charge in [-0.1, -0.05) is 15.9 Å².